The van der Waals surface area contributed by atoms with Crippen LogP contribution < -0.4 is 4.74 Å². The first-order chi connectivity index (χ1) is 11.2. The number of piperidine rings is 1. The monoisotopic (exact) mass is 328 g/mol. The standard InChI is InChI=1S/C18H20N2O2S/c1-12-11-23-17(19-12)14-7-4-5-9-20(14)18(21)16-10-13-6-2-3-8-15(13)22-16/h2-3,6,8,11,14,16H,4-5,7,9-10H2,1H3/t14-,16+/m1/s1. The fourth-order valence-corrected chi connectivity index (χ4v) is 4.42. The minimum atomic E-state index is -0.381. The highest BCUT2D eigenvalue weighted by atomic mass is 32.1. The number of benzene rings is 1. The number of rotatable bonds is 2. The molecule has 0 saturated carbocycles. The Labute approximate surface area is 140 Å². The quantitative estimate of drug-likeness (QED) is 0.847. The zero-order chi connectivity index (χ0) is 15.8. The first-order valence-corrected chi connectivity index (χ1v) is 9.07. The van der Waals surface area contributed by atoms with Crippen LogP contribution in [0, 0.1) is 6.92 Å². The Kier molecular flexibility index (Phi) is 3.81. The lowest BCUT2D eigenvalue weighted by Crippen LogP contribution is -2.45. The van der Waals surface area contributed by atoms with E-state index in [0.717, 1.165) is 47.8 Å². The molecule has 1 saturated heterocycles. The number of amides is 1. The number of fused-ring (bicyclic) bond motifs is 1. The van der Waals surface area contributed by atoms with Gasteiger partial charge in [-0.15, -0.1) is 11.3 Å². The lowest BCUT2D eigenvalue weighted by Gasteiger charge is -2.35. The lowest BCUT2D eigenvalue weighted by atomic mass is 10.0. The summed E-state index contributed by atoms with van der Waals surface area (Å²) < 4.78 is 5.90. The molecule has 2 aliphatic heterocycles. The SMILES string of the molecule is Cc1csc([C@H]2CCCCN2C(=O)[C@@H]2Cc3ccccc3O2)n1. The summed E-state index contributed by atoms with van der Waals surface area (Å²) in [5, 5.41) is 3.13. The zero-order valence-electron chi connectivity index (χ0n) is 13.2. The van der Waals surface area contributed by atoms with E-state index in [1.54, 1.807) is 11.3 Å². The van der Waals surface area contributed by atoms with Gasteiger partial charge in [0, 0.05) is 24.0 Å². The number of aryl methyl sites for hydroxylation is 1. The molecular formula is C18H20N2O2S. The Bertz CT molecular complexity index is 702. The number of aromatic nitrogens is 1. The maximum Gasteiger partial charge on any atom is 0.264 e. The van der Waals surface area contributed by atoms with Crippen molar-refractivity contribution in [1.29, 1.82) is 0 Å². The lowest BCUT2D eigenvalue weighted by molar-refractivity contribution is -0.142. The molecule has 4 rings (SSSR count). The Morgan fingerprint density at radius 2 is 2.22 bits per heavy atom. The normalized spacial score (nSPS) is 23.4. The minimum Gasteiger partial charge on any atom is -0.480 e. The predicted octanol–water partition coefficient (Wildman–Crippen LogP) is 3.51. The molecule has 0 radical (unpaired) electrons. The average molecular weight is 328 g/mol. The molecule has 120 valence electrons. The number of ether oxygens (including phenoxy) is 1. The van der Waals surface area contributed by atoms with Crippen LogP contribution in [0.25, 0.3) is 0 Å². The second-order valence-electron chi connectivity index (χ2n) is 6.29. The van der Waals surface area contributed by atoms with Gasteiger partial charge in [0.25, 0.3) is 5.91 Å². The van der Waals surface area contributed by atoms with Crippen LogP contribution in [0.5, 0.6) is 5.75 Å². The number of carbonyl (C=O) groups excluding carboxylic acids is 1. The third-order valence-electron chi connectivity index (χ3n) is 4.63. The molecule has 0 N–H and O–H groups in total. The highest BCUT2D eigenvalue weighted by molar-refractivity contribution is 7.09. The van der Waals surface area contributed by atoms with Crippen LogP contribution in [-0.4, -0.2) is 28.4 Å². The van der Waals surface area contributed by atoms with E-state index in [2.05, 4.69) is 10.4 Å². The van der Waals surface area contributed by atoms with Gasteiger partial charge in [-0.1, -0.05) is 18.2 Å². The molecule has 0 unspecified atom stereocenters. The van der Waals surface area contributed by atoms with Crippen LogP contribution in [0.3, 0.4) is 0 Å². The molecule has 0 aliphatic carbocycles. The van der Waals surface area contributed by atoms with E-state index in [1.807, 2.05) is 36.1 Å². The predicted molar refractivity (Wildman–Crippen MR) is 89.7 cm³/mol. The smallest absolute Gasteiger partial charge is 0.264 e. The van der Waals surface area contributed by atoms with E-state index in [1.165, 1.54) is 0 Å². The maximum absolute atomic E-state index is 13.0. The first kappa shape index (κ1) is 14.7. The van der Waals surface area contributed by atoms with Crippen molar-refractivity contribution in [3.63, 3.8) is 0 Å². The number of nitrogens with zero attached hydrogens (tertiary/aromatic N) is 2. The molecule has 2 aliphatic rings. The van der Waals surface area contributed by atoms with Gasteiger partial charge in [0.2, 0.25) is 0 Å². The number of hydrogen-bond donors (Lipinski definition) is 0. The number of thiazole rings is 1. The Balaban J connectivity index is 1.55. The Morgan fingerprint density at radius 3 is 3.00 bits per heavy atom. The minimum absolute atomic E-state index is 0.110. The molecule has 0 bridgehead atoms. The van der Waals surface area contributed by atoms with E-state index in [0.29, 0.717) is 6.42 Å². The average Bonchev–Trinajstić information content (AvgIpc) is 3.20. The fraction of sp³-hybridized carbons (Fsp3) is 0.444. The van der Waals surface area contributed by atoms with Crippen molar-refractivity contribution < 1.29 is 9.53 Å². The van der Waals surface area contributed by atoms with E-state index >= 15 is 0 Å². The van der Waals surface area contributed by atoms with Crippen molar-refractivity contribution in [3.8, 4) is 5.75 Å². The third-order valence-corrected chi connectivity index (χ3v) is 5.69. The fourth-order valence-electron chi connectivity index (χ4n) is 3.48. The second-order valence-corrected chi connectivity index (χ2v) is 7.18. The van der Waals surface area contributed by atoms with E-state index < -0.39 is 0 Å². The van der Waals surface area contributed by atoms with Crippen LogP contribution in [0.1, 0.15) is 41.6 Å². The highest BCUT2D eigenvalue weighted by Gasteiger charge is 2.37. The van der Waals surface area contributed by atoms with Crippen LogP contribution in [0.15, 0.2) is 29.6 Å². The molecule has 2 atom stereocenters. The van der Waals surface area contributed by atoms with Crippen molar-refractivity contribution in [1.82, 2.24) is 9.88 Å². The summed E-state index contributed by atoms with van der Waals surface area (Å²) in [5.41, 5.74) is 2.16. The van der Waals surface area contributed by atoms with E-state index in [9.17, 15) is 4.79 Å². The third kappa shape index (κ3) is 2.74. The van der Waals surface area contributed by atoms with Gasteiger partial charge in [-0.05, 0) is 37.8 Å². The van der Waals surface area contributed by atoms with Gasteiger partial charge in [-0.2, -0.15) is 0 Å². The van der Waals surface area contributed by atoms with Crippen molar-refractivity contribution >= 4 is 17.2 Å². The van der Waals surface area contributed by atoms with Gasteiger partial charge in [-0.3, -0.25) is 4.79 Å². The van der Waals surface area contributed by atoms with Crippen molar-refractivity contribution in [2.45, 2.75) is 44.8 Å². The molecule has 1 aromatic heterocycles. The summed E-state index contributed by atoms with van der Waals surface area (Å²) in [6.07, 6.45) is 3.51. The van der Waals surface area contributed by atoms with E-state index in [-0.39, 0.29) is 18.1 Å². The summed E-state index contributed by atoms with van der Waals surface area (Å²) in [6, 6.07) is 8.05. The summed E-state index contributed by atoms with van der Waals surface area (Å²) in [6.45, 7) is 2.81. The molecule has 2 aromatic rings. The van der Waals surface area contributed by atoms with Crippen molar-refractivity contribution in [2.75, 3.05) is 6.54 Å². The summed E-state index contributed by atoms with van der Waals surface area (Å²) in [5.74, 6) is 0.961. The molecule has 1 fully saturated rings. The summed E-state index contributed by atoms with van der Waals surface area (Å²) in [7, 11) is 0. The molecule has 1 aromatic carbocycles. The van der Waals surface area contributed by atoms with Gasteiger partial charge in [-0.25, -0.2) is 4.98 Å². The zero-order valence-corrected chi connectivity index (χ0v) is 14.0. The maximum atomic E-state index is 13.0. The molecule has 4 nitrogen and oxygen atoms in total. The van der Waals surface area contributed by atoms with Gasteiger partial charge in [0.1, 0.15) is 10.8 Å². The van der Waals surface area contributed by atoms with Gasteiger partial charge in [0.15, 0.2) is 6.10 Å². The van der Waals surface area contributed by atoms with Crippen molar-refractivity contribution in [3.05, 3.63) is 45.9 Å². The molecule has 3 heterocycles. The van der Waals surface area contributed by atoms with Crippen LogP contribution in [0.4, 0.5) is 0 Å². The second kappa shape index (κ2) is 5.96. The summed E-state index contributed by atoms with van der Waals surface area (Å²) >= 11 is 1.66. The largest absolute Gasteiger partial charge is 0.480 e. The van der Waals surface area contributed by atoms with Gasteiger partial charge >= 0.3 is 0 Å². The molecule has 5 heteroatoms. The van der Waals surface area contributed by atoms with Crippen LogP contribution in [0.2, 0.25) is 0 Å². The number of hydrogen-bond acceptors (Lipinski definition) is 4. The molecular weight excluding hydrogens is 308 g/mol. The first-order valence-electron chi connectivity index (χ1n) is 8.19. The molecule has 1 amide bonds. The number of likely N-dealkylation sites (tertiary alicyclic amines) is 1. The highest BCUT2D eigenvalue weighted by Crippen LogP contribution is 2.35. The topological polar surface area (TPSA) is 42.4 Å². The Morgan fingerprint density at radius 1 is 1.35 bits per heavy atom. The molecule has 23 heavy (non-hydrogen) atoms. The van der Waals surface area contributed by atoms with Crippen LogP contribution in [-0.2, 0) is 11.2 Å². The van der Waals surface area contributed by atoms with Gasteiger partial charge in [0.05, 0.1) is 6.04 Å². The van der Waals surface area contributed by atoms with Gasteiger partial charge < -0.3 is 9.64 Å². The van der Waals surface area contributed by atoms with E-state index in [4.69, 9.17) is 4.74 Å². The number of carbonyl (C=O) groups is 1. The molecule has 0 spiro atoms. The Hall–Kier alpha value is -1.88. The number of para-hydroxylation sites is 1. The van der Waals surface area contributed by atoms with Crippen LogP contribution >= 0.6 is 11.3 Å². The van der Waals surface area contributed by atoms with Crippen molar-refractivity contribution in [2.24, 2.45) is 0 Å². The summed E-state index contributed by atoms with van der Waals surface area (Å²) in [4.78, 5) is 19.7.